The minimum absolute atomic E-state index is 0.0815. The summed E-state index contributed by atoms with van der Waals surface area (Å²) < 4.78 is 13.2. The minimum atomic E-state index is -0.0815. The first-order chi connectivity index (χ1) is 24.3. The van der Waals surface area contributed by atoms with Crippen molar-refractivity contribution >= 4 is 11.9 Å². The Hall–Kier alpha value is -1.14. The number of likely N-dealkylation sites (tertiary alicyclic amines) is 1. The van der Waals surface area contributed by atoms with E-state index < -0.39 is 0 Å². The van der Waals surface area contributed by atoms with Crippen molar-refractivity contribution in [1.29, 1.82) is 0 Å². The van der Waals surface area contributed by atoms with Gasteiger partial charge in [0.2, 0.25) is 0 Å². The molecular formula is C44H88N2O4+2. The molecule has 1 heterocycles. The molecule has 0 bridgehead atoms. The number of nitrogens with zero attached hydrogens (tertiary/aromatic N) is 2. The van der Waals surface area contributed by atoms with Crippen LogP contribution in [0.2, 0.25) is 0 Å². The maximum Gasteiger partial charge on any atom is 0.311 e. The summed E-state index contributed by atoms with van der Waals surface area (Å²) in [4.78, 5) is 25.4. The van der Waals surface area contributed by atoms with Gasteiger partial charge < -0.3 is 18.4 Å². The summed E-state index contributed by atoms with van der Waals surface area (Å²) in [5.41, 5.74) is 0. The van der Waals surface area contributed by atoms with Crippen LogP contribution >= 0.6 is 0 Å². The summed E-state index contributed by atoms with van der Waals surface area (Å²) in [7, 11) is 4.64. The van der Waals surface area contributed by atoms with Gasteiger partial charge in [0.05, 0.1) is 79.4 Å². The second kappa shape index (κ2) is 32.5. The third-order valence-electron chi connectivity index (χ3n) is 11.5. The Bertz CT molecular complexity index is 736. The number of carbonyl (C=O) groups is 2. The second-order valence-corrected chi connectivity index (χ2v) is 16.7. The van der Waals surface area contributed by atoms with E-state index in [9.17, 15) is 9.59 Å². The Balaban J connectivity index is 2.26. The van der Waals surface area contributed by atoms with Crippen LogP contribution < -0.4 is 0 Å². The Kier molecular flexibility index (Phi) is 30.5. The van der Waals surface area contributed by atoms with Gasteiger partial charge >= 0.3 is 11.9 Å². The van der Waals surface area contributed by atoms with E-state index in [2.05, 4.69) is 27.9 Å². The zero-order valence-corrected chi connectivity index (χ0v) is 34.4. The Morgan fingerprint density at radius 3 is 1.18 bits per heavy atom. The lowest BCUT2D eigenvalue weighted by molar-refractivity contribution is -0.929. The molecule has 0 amide bonds. The Morgan fingerprint density at radius 1 is 0.480 bits per heavy atom. The molecule has 0 radical (unpaired) electrons. The molecule has 0 aliphatic carbocycles. The van der Waals surface area contributed by atoms with Crippen LogP contribution in [0.5, 0.6) is 0 Å². The molecule has 0 spiro atoms. The molecule has 50 heavy (non-hydrogen) atoms. The quantitative estimate of drug-likeness (QED) is 0.0369. The number of rotatable bonds is 36. The van der Waals surface area contributed by atoms with Crippen LogP contribution in [0.1, 0.15) is 206 Å². The molecule has 0 atom stereocenters. The van der Waals surface area contributed by atoms with Crippen molar-refractivity contribution in [2.24, 2.45) is 0 Å². The highest BCUT2D eigenvalue weighted by Gasteiger charge is 2.29. The average molecular weight is 709 g/mol. The van der Waals surface area contributed by atoms with Gasteiger partial charge in [-0.25, -0.2) is 0 Å². The molecule has 1 saturated heterocycles. The normalized spacial score (nSPS) is 14.6. The number of hydrogen-bond donors (Lipinski definition) is 0. The molecular weight excluding hydrogens is 620 g/mol. The molecule has 0 aromatic rings. The lowest BCUT2D eigenvalue weighted by atomic mass is 10.1. The van der Waals surface area contributed by atoms with E-state index in [0.29, 0.717) is 26.1 Å². The molecule has 0 unspecified atom stereocenters. The van der Waals surface area contributed by atoms with Crippen LogP contribution in [-0.4, -0.2) is 87.5 Å². The molecule has 296 valence electrons. The monoisotopic (exact) mass is 709 g/mol. The van der Waals surface area contributed by atoms with E-state index in [1.807, 2.05) is 0 Å². The van der Waals surface area contributed by atoms with Gasteiger partial charge in [-0.15, -0.1) is 0 Å². The first kappa shape index (κ1) is 46.9. The highest BCUT2D eigenvalue weighted by Crippen LogP contribution is 2.19. The Morgan fingerprint density at radius 2 is 0.820 bits per heavy atom. The van der Waals surface area contributed by atoms with Crippen molar-refractivity contribution in [2.45, 2.75) is 206 Å². The van der Waals surface area contributed by atoms with E-state index in [4.69, 9.17) is 9.47 Å². The summed E-state index contributed by atoms with van der Waals surface area (Å²) in [6, 6.07) is 0. The lowest BCUT2D eigenvalue weighted by Gasteiger charge is -2.40. The van der Waals surface area contributed by atoms with Gasteiger partial charge in [-0.1, -0.05) is 155 Å². The van der Waals surface area contributed by atoms with Crippen molar-refractivity contribution in [3.63, 3.8) is 0 Å². The topological polar surface area (TPSA) is 52.6 Å². The first-order valence-electron chi connectivity index (χ1n) is 22.3. The molecule has 1 fully saturated rings. The maximum absolute atomic E-state index is 12.7. The van der Waals surface area contributed by atoms with E-state index in [-0.39, 0.29) is 11.9 Å². The molecule has 0 N–H and O–H groups in total. The first-order valence-corrected chi connectivity index (χ1v) is 22.3. The van der Waals surface area contributed by atoms with Gasteiger partial charge in [0.15, 0.2) is 0 Å². The summed E-state index contributed by atoms with van der Waals surface area (Å²) >= 11 is 0. The van der Waals surface area contributed by atoms with Crippen molar-refractivity contribution in [3.8, 4) is 0 Å². The fourth-order valence-corrected chi connectivity index (χ4v) is 7.79. The van der Waals surface area contributed by atoms with Crippen molar-refractivity contribution in [2.75, 3.05) is 66.6 Å². The van der Waals surface area contributed by atoms with Crippen LogP contribution in [0.25, 0.3) is 0 Å². The third kappa shape index (κ3) is 28.4. The number of unbranched alkanes of at least 4 members (excludes halogenated alkanes) is 22. The third-order valence-corrected chi connectivity index (χ3v) is 11.5. The highest BCUT2D eigenvalue weighted by molar-refractivity contribution is 5.70. The number of carbonyl (C=O) groups excluding carboxylic acids is 2. The predicted molar refractivity (Wildman–Crippen MR) is 213 cm³/mol. The smallest absolute Gasteiger partial charge is 0.311 e. The van der Waals surface area contributed by atoms with Crippen molar-refractivity contribution in [1.82, 2.24) is 0 Å². The van der Waals surface area contributed by atoms with Crippen LogP contribution in [0.3, 0.4) is 0 Å². The number of piperidine rings is 1. The Labute approximate surface area is 312 Å². The molecule has 6 nitrogen and oxygen atoms in total. The molecule has 1 aliphatic heterocycles. The number of ether oxygens (including phenoxy) is 2. The molecule has 1 aliphatic rings. The number of esters is 2. The molecule has 0 aromatic carbocycles. The van der Waals surface area contributed by atoms with E-state index >= 15 is 0 Å². The van der Waals surface area contributed by atoms with Gasteiger partial charge in [-0.2, -0.15) is 0 Å². The number of hydrogen-bond acceptors (Lipinski definition) is 4. The summed E-state index contributed by atoms with van der Waals surface area (Å²) in [6.07, 6.45) is 37.4. The summed E-state index contributed by atoms with van der Waals surface area (Å²) in [6.45, 7) is 11.8. The number of quaternary nitrogens is 2. The zero-order chi connectivity index (χ0) is 36.4. The molecule has 0 aromatic heterocycles. The fourth-order valence-electron chi connectivity index (χ4n) is 7.79. The van der Waals surface area contributed by atoms with Crippen molar-refractivity contribution < 1.29 is 28.0 Å². The van der Waals surface area contributed by atoms with E-state index in [1.54, 1.807) is 0 Å². The van der Waals surface area contributed by atoms with Gasteiger partial charge in [0, 0.05) is 6.42 Å². The minimum Gasteiger partial charge on any atom is -0.466 e. The second-order valence-electron chi connectivity index (χ2n) is 16.7. The van der Waals surface area contributed by atoms with E-state index in [0.717, 1.165) is 56.2 Å². The van der Waals surface area contributed by atoms with Crippen LogP contribution in [-0.2, 0) is 19.1 Å². The van der Waals surface area contributed by atoms with Crippen LogP contribution in [0, 0.1) is 0 Å². The highest BCUT2D eigenvalue weighted by atomic mass is 16.5. The van der Waals surface area contributed by atoms with Crippen molar-refractivity contribution in [3.05, 3.63) is 0 Å². The van der Waals surface area contributed by atoms with E-state index in [1.165, 1.54) is 172 Å². The zero-order valence-electron chi connectivity index (χ0n) is 34.4. The van der Waals surface area contributed by atoms with Gasteiger partial charge in [0.25, 0.3) is 0 Å². The fraction of sp³-hybridized carbons (Fsp3) is 0.955. The predicted octanol–water partition coefficient (Wildman–Crippen LogP) is 11.7. The summed E-state index contributed by atoms with van der Waals surface area (Å²) in [5.74, 6) is -0.163. The molecule has 0 saturated carbocycles. The SMILES string of the molecule is CCCCCCCCCCCCCCOC(=O)CC[N+](C)(CCC[N+]1(C)CCCCC1)CCC(=O)OCCCCCCCCCCCCCC. The standard InChI is InChI=1S/C44H88N2O4/c1-5-7-9-11-13-15-17-19-21-23-25-30-41-49-43(47)33-39-46(4,38-32-37-45(3)35-28-27-29-36-45)40-34-44(48)50-42-31-26-24-22-20-18-16-14-12-10-8-6-2/h5-42H2,1-4H3/q+2. The van der Waals surface area contributed by atoms with Crippen LogP contribution in [0.4, 0.5) is 0 Å². The summed E-state index contributed by atoms with van der Waals surface area (Å²) in [5, 5.41) is 0. The van der Waals surface area contributed by atoms with Gasteiger partial charge in [-0.3, -0.25) is 9.59 Å². The van der Waals surface area contributed by atoms with Gasteiger partial charge in [-0.05, 0) is 32.1 Å². The largest absolute Gasteiger partial charge is 0.466 e. The van der Waals surface area contributed by atoms with Gasteiger partial charge in [0.1, 0.15) is 0 Å². The average Bonchev–Trinajstić information content (AvgIpc) is 3.11. The molecule has 6 heteroatoms. The lowest BCUT2D eigenvalue weighted by Crippen LogP contribution is -2.52. The van der Waals surface area contributed by atoms with Crippen LogP contribution in [0.15, 0.2) is 0 Å². The molecule has 1 rings (SSSR count). The maximum atomic E-state index is 12.7.